The van der Waals surface area contributed by atoms with Gasteiger partial charge in [-0.2, -0.15) is 0 Å². The van der Waals surface area contributed by atoms with E-state index in [-0.39, 0.29) is 12.1 Å². The van der Waals surface area contributed by atoms with Crippen molar-refractivity contribution in [1.29, 1.82) is 0 Å². The number of carbonyl (C=O) groups is 1. The molecule has 3 fully saturated rings. The molecule has 0 aliphatic heterocycles. The second kappa shape index (κ2) is 17.7. The van der Waals surface area contributed by atoms with Crippen LogP contribution in [0.5, 0.6) is 0 Å². The second-order valence-electron chi connectivity index (χ2n) is 17.0. The van der Waals surface area contributed by atoms with Gasteiger partial charge in [0, 0.05) is 12.8 Å². The number of ether oxygens (including phenoxy) is 1. The van der Waals surface area contributed by atoms with Gasteiger partial charge in [0.25, 0.3) is 0 Å². The van der Waals surface area contributed by atoms with Gasteiger partial charge in [-0.15, -0.1) is 0 Å². The lowest BCUT2D eigenvalue weighted by molar-refractivity contribution is -0.151. The van der Waals surface area contributed by atoms with Gasteiger partial charge in [-0.1, -0.05) is 129 Å². The van der Waals surface area contributed by atoms with Crippen molar-refractivity contribution in [1.82, 2.24) is 0 Å². The van der Waals surface area contributed by atoms with Crippen LogP contribution >= 0.6 is 0 Å². The van der Waals surface area contributed by atoms with E-state index < -0.39 is 0 Å². The third-order valence-electron chi connectivity index (χ3n) is 13.7. The topological polar surface area (TPSA) is 26.3 Å². The van der Waals surface area contributed by atoms with Crippen LogP contribution < -0.4 is 0 Å². The molecule has 4 aliphatic carbocycles. The molecule has 0 heterocycles. The summed E-state index contributed by atoms with van der Waals surface area (Å²) < 4.78 is 6.07. The summed E-state index contributed by atoms with van der Waals surface area (Å²) in [6.45, 7) is 17.1. The molecule has 0 N–H and O–H groups in total. The molecular formula is C44H72O2. The number of carbonyl (C=O) groups excluding carboxylic acids is 1. The fraction of sp³-hybridized carbons (Fsp3) is 0.795. The molecular weight excluding hydrogens is 560 g/mol. The van der Waals surface area contributed by atoms with Crippen LogP contribution in [0.1, 0.15) is 164 Å². The molecule has 260 valence electrons. The van der Waals surface area contributed by atoms with Gasteiger partial charge in [0.15, 0.2) is 0 Å². The third-order valence-corrected chi connectivity index (χ3v) is 13.7. The minimum atomic E-state index is -0.0115. The summed E-state index contributed by atoms with van der Waals surface area (Å²) in [4.78, 5) is 12.7. The van der Waals surface area contributed by atoms with Crippen LogP contribution in [0.25, 0.3) is 0 Å². The van der Waals surface area contributed by atoms with Gasteiger partial charge in [-0.25, -0.2) is 0 Å². The number of rotatable bonds is 17. The summed E-state index contributed by atoms with van der Waals surface area (Å²) >= 11 is 0. The van der Waals surface area contributed by atoms with Crippen LogP contribution in [0.2, 0.25) is 0 Å². The molecule has 2 nitrogen and oxygen atoms in total. The zero-order chi connectivity index (χ0) is 33.2. The van der Waals surface area contributed by atoms with Crippen molar-refractivity contribution >= 4 is 5.97 Å². The summed E-state index contributed by atoms with van der Waals surface area (Å²) in [5, 5.41) is 0. The average molecular weight is 633 g/mol. The van der Waals surface area contributed by atoms with Crippen LogP contribution in [0, 0.1) is 52.3 Å². The fourth-order valence-electron chi connectivity index (χ4n) is 10.3. The quantitative estimate of drug-likeness (QED) is 0.0906. The molecule has 46 heavy (non-hydrogen) atoms. The Morgan fingerprint density at radius 1 is 0.870 bits per heavy atom. The first-order valence-electron chi connectivity index (χ1n) is 20.0. The van der Waals surface area contributed by atoms with E-state index in [2.05, 4.69) is 91.0 Å². The van der Waals surface area contributed by atoms with Gasteiger partial charge in [-0.05, 0) is 123 Å². The number of esters is 1. The predicted octanol–water partition coefficient (Wildman–Crippen LogP) is 13.0. The standard InChI is InChI=1S/C44H72O2/c1-8-9-10-11-12-13-14-15-16-17-18-19-20-21-42(45)46-37-28-30-43(6)36(32-37)24-25-38-40-27-26-39(44(40,7)31-29-41(38)43)35(5)23-22-34(4)33(2)3/h15-16,18-19,22-24,33-35,37-41H,8-14,17,20-21,25-32H2,1-7H3/b16-15-,19-18+,23-22+. The Labute approximate surface area is 285 Å². The van der Waals surface area contributed by atoms with Crippen molar-refractivity contribution in [3.05, 3.63) is 48.1 Å². The van der Waals surface area contributed by atoms with E-state index in [1.54, 1.807) is 5.57 Å². The molecule has 4 aliphatic rings. The van der Waals surface area contributed by atoms with E-state index in [4.69, 9.17) is 4.74 Å². The normalized spacial score (nSPS) is 34.1. The zero-order valence-electron chi connectivity index (χ0n) is 31.2. The van der Waals surface area contributed by atoms with Crippen molar-refractivity contribution in [2.45, 2.75) is 170 Å². The van der Waals surface area contributed by atoms with E-state index in [1.165, 1.54) is 83.5 Å². The van der Waals surface area contributed by atoms with Crippen molar-refractivity contribution in [3.63, 3.8) is 0 Å². The fourth-order valence-corrected chi connectivity index (χ4v) is 10.3. The lowest BCUT2D eigenvalue weighted by atomic mass is 9.47. The minimum absolute atomic E-state index is 0.0115. The van der Waals surface area contributed by atoms with Gasteiger partial charge in [-0.3, -0.25) is 4.79 Å². The van der Waals surface area contributed by atoms with Gasteiger partial charge in [0.1, 0.15) is 6.10 Å². The molecule has 0 aromatic heterocycles. The molecule has 0 aromatic rings. The molecule has 9 atom stereocenters. The number of unbranched alkanes of at least 4 members (excludes halogenated alkanes) is 6. The predicted molar refractivity (Wildman–Crippen MR) is 198 cm³/mol. The molecule has 0 bridgehead atoms. The Morgan fingerprint density at radius 3 is 2.37 bits per heavy atom. The van der Waals surface area contributed by atoms with E-state index in [0.29, 0.717) is 35.0 Å². The summed E-state index contributed by atoms with van der Waals surface area (Å²) in [6, 6.07) is 0. The maximum absolute atomic E-state index is 12.7. The molecule has 0 aromatic carbocycles. The first kappa shape index (κ1) is 37.3. The highest BCUT2D eigenvalue weighted by Crippen LogP contribution is 2.67. The first-order chi connectivity index (χ1) is 22.1. The highest BCUT2D eigenvalue weighted by atomic mass is 16.5. The van der Waals surface area contributed by atoms with Crippen molar-refractivity contribution in [3.8, 4) is 0 Å². The van der Waals surface area contributed by atoms with Crippen LogP contribution in [0.15, 0.2) is 48.1 Å². The maximum Gasteiger partial charge on any atom is 0.306 e. The SMILES string of the molecule is CCCCCCCC/C=C\C/C=C/CCC(=O)OC1CCC2(C)C(=CCC3C2CCC2(C)C(C(C)/C=C/C(C)C(C)C)CCC32)C1. The van der Waals surface area contributed by atoms with Gasteiger partial charge < -0.3 is 4.74 Å². The number of hydrogen-bond donors (Lipinski definition) is 0. The molecule has 0 radical (unpaired) electrons. The van der Waals surface area contributed by atoms with E-state index >= 15 is 0 Å². The first-order valence-corrected chi connectivity index (χ1v) is 20.0. The summed E-state index contributed by atoms with van der Waals surface area (Å²) in [6.07, 6.45) is 38.3. The summed E-state index contributed by atoms with van der Waals surface area (Å²) in [5.74, 6) is 5.36. The minimum Gasteiger partial charge on any atom is -0.462 e. The van der Waals surface area contributed by atoms with E-state index in [1.807, 2.05) is 0 Å². The maximum atomic E-state index is 12.7. The Morgan fingerprint density at radius 2 is 1.61 bits per heavy atom. The lowest BCUT2D eigenvalue weighted by Gasteiger charge is -2.58. The van der Waals surface area contributed by atoms with Crippen molar-refractivity contribution in [2.24, 2.45) is 52.3 Å². The van der Waals surface area contributed by atoms with E-state index in [9.17, 15) is 4.79 Å². The number of fused-ring (bicyclic) bond motifs is 5. The van der Waals surface area contributed by atoms with Crippen LogP contribution in [0.4, 0.5) is 0 Å². The van der Waals surface area contributed by atoms with Crippen LogP contribution in [-0.4, -0.2) is 12.1 Å². The van der Waals surface area contributed by atoms with Crippen LogP contribution in [0.3, 0.4) is 0 Å². The molecule has 9 unspecified atom stereocenters. The molecule has 4 rings (SSSR count). The molecule has 2 heteroatoms. The third kappa shape index (κ3) is 9.31. The summed E-state index contributed by atoms with van der Waals surface area (Å²) in [5.41, 5.74) is 2.40. The number of hydrogen-bond acceptors (Lipinski definition) is 2. The van der Waals surface area contributed by atoms with Crippen LogP contribution in [-0.2, 0) is 9.53 Å². The second-order valence-corrected chi connectivity index (χ2v) is 17.0. The van der Waals surface area contributed by atoms with Gasteiger partial charge >= 0.3 is 5.97 Å². The summed E-state index contributed by atoms with van der Waals surface area (Å²) in [7, 11) is 0. The monoisotopic (exact) mass is 633 g/mol. The Balaban J connectivity index is 1.20. The van der Waals surface area contributed by atoms with Gasteiger partial charge in [0.05, 0.1) is 0 Å². The van der Waals surface area contributed by atoms with Crippen molar-refractivity contribution < 1.29 is 9.53 Å². The molecule has 0 amide bonds. The Hall–Kier alpha value is -1.57. The zero-order valence-corrected chi connectivity index (χ0v) is 31.2. The van der Waals surface area contributed by atoms with Gasteiger partial charge in [0.2, 0.25) is 0 Å². The molecule has 3 saturated carbocycles. The lowest BCUT2D eigenvalue weighted by Crippen LogP contribution is -2.51. The average Bonchev–Trinajstić information content (AvgIpc) is 3.39. The Bertz CT molecular complexity index is 1060. The Kier molecular flexibility index (Phi) is 14.3. The molecule has 0 spiro atoms. The molecule has 0 saturated heterocycles. The van der Waals surface area contributed by atoms with Crippen molar-refractivity contribution in [2.75, 3.05) is 0 Å². The smallest absolute Gasteiger partial charge is 0.306 e. The highest BCUT2D eigenvalue weighted by Gasteiger charge is 2.59. The van der Waals surface area contributed by atoms with E-state index in [0.717, 1.165) is 49.4 Å². The largest absolute Gasteiger partial charge is 0.462 e. The highest BCUT2D eigenvalue weighted by molar-refractivity contribution is 5.69. The number of allylic oxidation sites excluding steroid dienone is 7.